The molecule has 0 aromatic carbocycles. The van der Waals surface area contributed by atoms with E-state index in [0.717, 1.165) is 31.5 Å². The second-order valence-electron chi connectivity index (χ2n) is 4.49. The smallest absolute Gasteiger partial charge is 0.244 e. The number of carbonyl (C=O) groups excluding carboxylic acids is 1. The average Bonchev–Trinajstić information content (AvgIpc) is 2.76. The van der Waals surface area contributed by atoms with Crippen LogP contribution in [0, 0.1) is 0 Å². The third kappa shape index (κ3) is 4.84. The Balaban J connectivity index is 0.00000324. The summed E-state index contributed by atoms with van der Waals surface area (Å²) in [5, 5.41) is 7.21. The van der Waals surface area contributed by atoms with Gasteiger partial charge in [-0.05, 0) is 19.9 Å². The molecular weight excluding hydrogens is 264 g/mol. The number of hydrogen-bond acceptors (Lipinski definition) is 3. The molecule has 1 amide bonds. The Bertz CT molecular complexity index is 374. The summed E-state index contributed by atoms with van der Waals surface area (Å²) >= 11 is 0. The number of hydrogen-bond donors (Lipinski definition) is 1. The quantitative estimate of drug-likeness (QED) is 0.832. The van der Waals surface area contributed by atoms with Crippen LogP contribution in [0.4, 0.5) is 0 Å². The Kier molecular flexibility index (Phi) is 8.43. The van der Waals surface area contributed by atoms with Crippen molar-refractivity contribution in [2.75, 3.05) is 20.1 Å². The van der Waals surface area contributed by atoms with Crippen molar-refractivity contribution in [2.45, 2.75) is 32.7 Å². The third-order valence-corrected chi connectivity index (χ3v) is 2.89. The molecule has 0 spiro atoms. The maximum atomic E-state index is 12.5. The number of carbonyl (C=O) groups is 1. The van der Waals surface area contributed by atoms with Gasteiger partial charge in [0, 0.05) is 31.9 Å². The van der Waals surface area contributed by atoms with Gasteiger partial charge in [0.25, 0.3) is 0 Å². The van der Waals surface area contributed by atoms with Crippen LogP contribution in [-0.2, 0) is 11.8 Å². The zero-order valence-corrected chi connectivity index (χ0v) is 13.0. The van der Waals surface area contributed by atoms with Gasteiger partial charge in [0.15, 0.2) is 0 Å². The fourth-order valence-electron chi connectivity index (χ4n) is 2.08. The SMILES string of the molecule is CCCN(CCC)C(=O)C(NC)c1cnn(C)c1.Cl. The van der Waals surface area contributed by atoms with Gasteiger partial charge in [-0.3, -0.25) is 9.48 Å². The lowest BCUT2D eigenvalue weighted by Crippen LogP contribution is -2.40. The van der Waals surface area contributed by atoms with Crippen LogP contribution in [0.25, 0.3) is 0 Å². The Hall–Kier alpha value is -1.07. The summed E-state index contributed by atoms with van der Waals surface area (Å²) in [5.74, 6) is 0.134. The average molecular weight is 289 g/mol. The van der Waals surface area contributed by atoms with Crippen LogP contribution in [-0.4, -0.2) is 40.7 Å². The van der Waals surface area contributed by atoms with Crippen LogP contribution in [0.1, 0.15) is 38.3 Å². The van der Waals surface area contributed by atoms with Gasteiger partial charge in [-0.25, -0.2) is 0 Å². The van der Waals surface area contributed by atoms with Gasteiger partial charge in [0.2, 0.25) is 5.91 Å². The summed E-state index contributed by atoms with van der Waals surface area (Å²) < 4.78 is 1.72. The Labute approximate surface area is 121 Å². The van der Waals surface area contributed by atoms with E-state index < -0.39 is 0 Å². The van der Waals surface area contributed by atoms with Crippen molar-refractivity contribution in [3.8, 4) is 0 Å². The Morgan fingerprint density at radius 2 is 2.00 bits per heavy atom. The molecule has 1 aromatic rings. The standard InChI is InChI=1S/C13H24N4O.ClH/c1-5-7-17(8-6-2)13(18)12(14-3)11-9-15-16(4)10-11;/h9-10,12,14H,5-8H2,1-4H3;1H. The normalized spacial score (nSPS) is 11.8. The molecule has 0 bridgehead atoms. The van der Waals surface area contributed by atoms with Gasteiger partial charge >= 0.3 is 0 Å². The number of aryl methyl sites for hydroxylation is 1. The van der Waals surface area contributed by atoms with Gasteiger partial charge in [0.1, 0.15) is 6.04 Å². The number of aromatic nitrogens is 2. The van der Waals surface area contributed by atoms with Gasteiger partial charge < -0.3 is 10.2 Å². The molecule has 0 saturated heterocycles. The molecule has 0 aliphatic carbocycles. The molecule has 5 nitrogen and oxygen atoms in total. The lowest BCUT2D eigenvalue weighted by molar-refractivity contribution is -0.133. The van der Waals surface area contributed by atoms with E-state index in [1.54, 1.807) is 10.9 Å². The van der Waals surface area contributed by atoms with Crippen molar-refractivity contribution < 1.29 is 4.79 Å². The minimum absolute atomic E-state index is 0. The molecule has 1 heterocycles. The first kappa shape index (κ1) is 17.9. The topological polar surface area (TPSA) is 50.2 Å². The lowest BCUT2D eigenvalue weighted by atomic mass is 10.1. The molecule has 6 heteroatoms. The van der Waals surface area contributed by atoms with Crippen molar-refractivity contribution in [1.29, 1.82) is 0 Å². The monoisotopic (exact) mass is 288 g/mol. The summed E-state index contributed by atoms with van der Waals surface area (Å²) in [4.78, 5) is 14.4. The molecule has 0 radical (unpaired) electrons. The number of rotatable bonds is 7. The van der Waals surface area contributed by atoms with Crippen molar-refractivity contribution in [3.63, 3.8) is 0 Å². The Morgan fingerprint density at radius 1 is 1.42 bits per heavy atom. The van der Waals surface area contributed by atoms with Crippen molar-refractivity contribution >= 4 is 18.3 Å². The van der Waals surface area contributed by atoms with E-state index in [-0.39, 0.29) is 24.4 Å². The highest BCUT2D eigenvalue weighted by molar-refractivity contribution is 5.85. The molecule has 0 aliphatic rings. The molecule has 1 aromatic heterocycles. The minimum atomic E-state index is -0.295. The van der Waals surface area contributed by atoms with Crippen LogP contribution in [0.3, 0.4) is 0 Å². The van der Waals surface area contributed by atoms with Crippen LogP contribution in [0.2, 0.25) is 0 Å². The summed E-state index contributed by atoms with van der Waals surface area (Å²) in [7, 11) is 3.67. The molecule has 19 heavy (non-hydrogen) atoms. The highest BCUT2D eigenvalue weighted by atomic mass is 35.5. The van der Waals surface area contributed by atoms with Gasteiger partial charge in [0.05, 0.1) is 6.20 Å². The number of nitrogens with one attached hydrogen (secondary N) is 1. The maximum absolute atomic E-state index is 12.5. The summed E-state index contributed by atoms with van der Waals surface area (Å²) in [6, 6.07) is -0.295. The van der Waals surface area contributed by atoms with E-state index in [4.69, 9.17) is 0 Å². The van der Waals surface area contributed by atoms with E-state index in [2.05, 4.69) is 24.3 Å². The summed E-state index contributed by atoms with van der Waals surface area (Å²) in [5.41, 5.74) is 0.919. The van der Waals surface area contributed by atoms with E-state index in [0.29, 0.717) is 0 Å². The predicted octanol–water partition coefficient (Wildman–Crippen LogP) is 1.75. The molecule has 1 rings (SSSR count). The first-order valence-corrected chi connectivity index (χ1v) is 6.58. The molecule has 0 aliphatic heterocycles. The molecule has 110 valence electrons. The van der Waals surface area contributed by atoms with E-state index >= 15 is 0 Å². The first-order chi connectivity index (χ1) is 8.63. The maximum Gasteiger partial charge on any atom is 0.244 e. The summed E-state index contributed by atoms with van der Waals surface area (Å²) in [6.45, 7) is 5.80. The lowest BCUT2D eigenvalue weighted by Gasteiger charge is -2.26. The molecule has 1 atom stereocenters. The number of nitrogens with zero attached hydrogens (tertiary/aromatic N) is 3. The highest BCUT2D eigenvalue weighted by Gasteiger charge is 2.24. The van der Waals surface area contributed by atoms with E-state index in [1.165, 1.54) is 0 Å². The molecule has 1 unspecified atom stereocenters. The van der Waals surface area contributed by atoms with E-state index in [9.17, 15) is 4.79 Å². The minimum Gasteiger partial charge on any atom is -0.341 e. The zero-order valence-electron chi connectivity index (χ0n) is 12.2. The van der Waals surface area contributed by atoms with Crippen molar-refractivity contribution in [1.82, 2.24) is 20.0 Å². The number of likely N-dealkylation sites (N-methyl/N-ethyl adjacent to an activating group) is 1. The zero-order chi connectivity index (χ0) is 13.5. The Morgan fingerprint density at radius 3 is 2.37 bits per heavy atom. The second kappa shape index (κ2) is 8.93. The van der Waals surface area contributed by atoms with Gasteiger partial charge in [-0.15, -0.1) is 12.4 Å². The van der Waals surface area contributed by atoms with Crippen molar-refractivity contribution in [2.24, 2.45) is 7.05 Å². The fraction of sp³-hybridized carbons (Fsp3) is 0.692. The van der Waals surface area contributed by atoms with Gasteiger partial charge in [-0.2, -0.15) is 5.10 Å². The largest absolute Gasteiger partial charge is 0.341 e. The van der Waals surface area contributed by atoms with E-state index in [1.807, 2.05) is 25.2 Å². The molecule has 0 saturated carbocycles. The van der Waals surface area contributed by atoms with Crippen LogP contribution in [0.15, 0.2) is 12.4 Å². The highest BCUT2D eigenvalue weighted by Crippen LogP contribution is 2.15. The van der Waals surface area contributed by atoms with Crippen LogP contribution in [0.5, 0.6) is 0 Å². The molecular formula is C13H25ClN4O. The number of amides is 1. The number of halogens is 1. The summed E-state index contributed by atoms with van der Waals surface area (Å²) in [6.07, 6.45) is 5.59. The fourth-order valence-corrected chi connectivity index (χ4v) is 2.08. The van der Waals surface area contributed by atoms with Crippen LogP contribution >= 0.6 is 12.4 Å². The van der Waals surface area contributed by atoms with Crippen LogP contribution < -0.4 is 5.32 Å². The predicted molar refractivity (Wildman–Crippen MR) is 79.4 cm³/mol. The second-order valence-corrected chi connectivity index (χ2v) is 4.49. The molecule has 0 fully saturated rings. The molecule has 1 N–H and O–H groups in total. The van der Waals surface area contributed by atoms with Crippen molar-refractivity contribution in [3.05, 3.63) is 18.0 Å². The first-order valence-electron chi connectivity index (χ1n) is 6.58. The third-order valence-electron chi connectivity index (χ3n) is 2.89. The van der Waals surface area contributed by atoms with Gasteiger partial charge in [-0.1, -0.05) is 13.8 Å².